The number of aliphatic hydroxyl groups excluding tert-OH is 1. The number of anilines is 1. The maximum atomic E-state index is 13.5. The van der Waals surface area contributed by atoms with E-state index in [1.807, 2.05) is 36.4 Å². The molecule has 1 aromatic carbocycles. The van der Waals surface area contributed by atoms with Gasteiger partial charge >= 0.3 is 5.91 Å². The number of hydrogen-bond acceptors (Lipinski definition) is 8. The number of Topliss-reactive ketones (excluding diaryl/α,β-unsaturated/α-hetero) is 1. The zero-order valence-electron chi connectivity index (χ0n) is 20.8. The van der Waals surface area contributed by atoms with E-state index in [0.29, 0.717) is 40.0 Å². The lowest BCUT2D eigenvalue weighted by Crippen LogP contribution is -2.29. The maximum Gasteiger partial charge on any atom is 0.301 e. The standard InChI is InChI=1S/C27H27N5O4S/c1-4-5-8-14-36-19-11-9-10-18(15-19)23-21(25(34)26(35)32(23)27-30-29-17(3)37-27)24(33)22-16(2)28-20-12-6-7-13-31(20)22/h6-7,9-13,15,23,33H,4-5,8,14H2,1-3H3/b24-21+. The first kappa shape index (κ1) is 24.6. The van der Waals surface area contributed by atoms with Gasteiger partial charge in [-0.25, -0.2) is 4.98 Å². The van der Waals surface area contributed by atoms with Crippen LogP contribution in [0, 0.1) is 13.8 Å². The Morgan fingerprint density at radius 1 is 1.11 bits per heavy atom. The molecule has 9 nitrogen and oxygen atoms in total. The van der Waals surface area contributed by atoms with Crippen molar-refractivity contribution in [3.05, 3.63) is 76.2 Å². The van der Waals surface area contributed by atoms with Crippen LogP contribution < -0.4 is 9.64 Å². The highest BCUT2D eigenvalue weighted by atomic mass is 32.1. The van der Waals surface area contributed by atoms with Crippen LogP contribution in [0.15, 0.2) is 54.2 Å². The molecule has 5 rings (SSSR count). The second-order valence-corrected chi connectivity index (χ2v) is 10.0. The summed E-state index contributed by atoms with van der Waals surface area (Å²) in [7, 11) is 0. The molecule has 1 aliphatic heterocycles. The fraction of sp³-hybridized carbons (Fsp3) is 0.296. The number of carbonyl (C=O) groups excluding carboxylic acids is 2. The highest BCUT2D eigenvalue weighted by Gasteiger charge is 2.48. The summed E-state index contributed by atoms with van der Waals surface area (Å²) in [5.41, 5.74) is 2.10. The van der Waals surface area contributed by atoms with Gasteiger partial charge in [-0.1, -0.05) is 49.3 Å². The number of amides is 1. The summed E-state index contributed by atoms with van der Waals surface area (Å²) >= 11 is 1.21. The van der Waals surface area contributed by atoms with Crippen LogP contribution in [0.5, 0.6) is 5.75 Å². The van der Waals surface area contributed by atoms with Gasteiger partial charge in [0.05, 0.1) is 23.9 Å². The number of rotatable bonds is 8. The molecule has 1 unspecified atom stereocenters. The molecule has 4 heterocycles. The summed E-state index contributed by atoms with van der Waals surface area (Å²) in [6.45, 7) is 6.23. The van der Waals surface area contributed by atoms with Gasteiger partial charge in [-0.2, -0.15) is 0 Å². The van der Waals surface area contributed by atoms with Gasteiger partial charge in [0, 0.05) is 6.20 Å². The van der Waals surface area contributed by atoms with Gasteiger partial charge in [0.2, 0.25) is 5.13 Å². The normalized spacial score (nSPS) is 17.2. The number of imidazole rings is 1. The van der Waals surface area contributed by atoms with Crippen LogP contribution in [-0.2, 0) is 9.59 Å². The zero-order valence-corrected chi connectivity index (χ0v) is 21.7. The van der Waals surface area contributed by atoms with E-state index in [4.69, 9.17) is 4.74 Å². The van der Waals surface area contributed by atoms with Gasteiger partial charge in [-0.05, 0) is 50.1 Å². The SMILES string of the molecule is CCCCCOc1cccc(C2/C(=C(\O)c3c(C)nc4ccccn34)C(=O)C(=O)N2c2nnc(C)s2)c1. The number of fused-ring (bicyclic) bond motifs is 1. The Morgan fingerprint density at radius 2 is 1.95 bits per heavy atom. The van der Waals surface area contributed by atoms with E-state index in [9.17, 15) is 14.7 Å². The van der Waals surface area contributed by atoms with Crippen molar-refractivity contribution in [1.82, 2.24) is 19.6 Å². The molecule has 1 aliphatic rings. The lowest BCUT2D eigenvalue weighted by atomic mass is 9.96. The fourth-order valence-electron chi connectivity index (χ4n) is 4.57. The third-order valence-corrected chi connectivity index (χ3v) is 7.12. The Labute approximate surface area is 218 Å². The number of carbonyl (C=O) groups is 2. The Bertz CT molecular complexity index is 1520. The number of ether oxygens (including phenoxy) is 1. The minimum absolute atomic E-state index is 0.0326. The van der Waals surface area contributed by atoms with E-state index < -0.39 is 17.7 Å². The van der Waals surface area contributed by atoms with Crippen molar-refractivity contribution in [3.8, 4) is 5.75 Å². The number of pyridine rings is 1. The molecule has 0 saturated carbocycles. The predicted octanol–water partition coefficient (Wildman–Crippen LogP) is 5.00. The fourth-order valence-corrected chi connectivity index (χ4v) is 5.29. The summed E-state index contributed by atoms with van der Waals surface area (Å²) in [5, 5.41) is 20.7. The minimum atomic E-state index is -0.916. The minimum Gasteiger partial charge on any atom is -0.505 e. The van der Waals surface area contributed by atoms with Gasteiger partial charge in [-0.15, -0.1) is 10.2 Å². The van der Waals surface area contributed by atoms with Crippen molar-refractivity contribution in [2.45, 2.75) is 46.1 Å². The van der Waals surface area contributed by atoms with Crippen molar-refractivity contribution in [2.24, 2.45) is 0 Å². The summed E-state index contributed by atoms with van der Waals surface area (Å²) in [4.78, 5) is 32.7. The molecule has 0 aliphatic carbocycles. The maximum absolute atomic E-state index is 13.5. The molecule has 1 amide bonds. The second-order valence-electron chi connectivity index (χ2n) is 8.88. The molecule has 0 bridgehead atoms. The topological polar surface area (TPSA) is 110 Å². The highest BCUT2D eigenvalue weighted by Crippen LogP contribution is 2.43. The van der Waals surface area contributed by atoms with Gasteiger partial charge in [0.15, 0.2) is 5.76 Å². The molecule has 10 heteroatoms. The van der Waals surface area contributed by atoms with E-state index in [1.165, 1.54) is 16.2 Å². The van der Waals surface area contributed by atoms with Gasteiger partial charge in [-0.3, -0.25) is 18.9 Å². The number of ketones is 1. The molecule has 4 aromatic rings. The first-order valence-corrected chi connectivity index (χ1v) is 13.0. The molecule has 1 fully saturated rings. The molecule has 190 valence electrons. The smallest absolute Gasteiger partial charge is 0.301 e. The van der Waals surface area contributed by atoms with Gasteiger partial charge in [0.25, 0.3) is 5.78 Å². The monoisotopic (exact) mass is 517 g/mol. The van der Waals surface area contributed by atoms with Crippen molar-refractivity contribution in [2.75, 3.05) is 11.5 Å². The summed E-state index contributed by atoms with van der Waals surface area (Å²) < 4.78 is 7.65. The molecule has 1 N–H and O–H groups in total. The first-order valence-electron chi connectivity index (χ1n) is 12.2. The molecular formula is C27H27N5O4S. The van der Waals surface area contributed by atoms with Crippen molar-refractivity contribution in [3.63, 3.8) is 0 Å². The quantitative estimate of drug-likeness (QED) is 0.152. The van der Waals surface area contributed by atoms with Crippen LogP contribution in [0.1, 0.15) is 54.2 Å². The number of aromatic nitrogens is 4. The van der Waals surface area contributed by atoms with Crippen molar-refractivity contribution in [1.29, 1.82) is 0 Å². The molecule has 1 atom stereocenters. The average molecular weight is 518 g/mol. The lowest BCUT2D eigenvalue weighted by Gasteiger charge is -2.23. The largest absolute Gasteiger partial charge is 0.505 e. The summed E-state index contributed by atoms with van der Waals surface area (Å²) in [5.74, 6) is -1.24. The molecule has 3 aromatic heterocycles. The Morgan fingerprint density at radius 3 is 2.70 bits per heavy atom. The van der Waals surface area contributed by atoms with E-state index in [-0.39, 0.29) is 16.5 Å². The van der Waals surface area contributed by atoms with Crippen LogP contribution >= 0.6 is 11.3 Å². The van der Waals surface area contributed by atoms with E-state index in [0.717, 1.165) is 19.3 Å². The average Bonchev–Trinajstić information content (AvgIpc) is 3.54. The van der Waals surface area contributed by atoms with E-state index in [1.54, 1.807) is 30.5 Å². The molecular weight excluding hydrogens is 490 g/mol. The predicted molar refractivity (Wildman–Crippen MR) is 141 cm³/mol. The van der Waals surface area contributed by atoms with Crippen molar-refractivity contribution < 1.29 is 19.4 Å². The Kier molecular flexibility index (Phi) is 6.75. The number of aliphatic hydroxyl groups is 1. The number of unbranched alkanes of at least 4 members (excludes halogenated alkanes) is 2. The van der Waals surface area contributed by atoms with Crippen LogP contribution in [0.4, 0.5) is 5.13 Å². The Balaban J connectivity index is 1.67. The first-order chi connectivity index (χ1) is 17.9. The van der Waals surface area contributed by atoms with Crippen LogP contribution in [0.2, 0.25) is 0 Å². The van der Waals surface area contributed by atoms with Crippen LogP contribution in [-0.4, -0.2) is 43.0 Å². The molecule has 1 saturated heterocycles. The van der Waals surface area contributed by atoms with E-state index in [2.05, 4.69) is 22.1 Å². The zero-order chi connectivity index (χ0) is 26.1. The third-order valence-electron chi connectivity index (χ3n) is 6.28. The Hall–Kier alpha value is -4.05. The van der Waals surface area contributed by atoms with Crippen LogP contribution in [0.25, 0.3) is 11.4 Å². The third kappa shape index (κ3) is 4.48. The highest BCUT2D eigenvalue weighted by molar-refractivity contribution is 7.15. The van der Waals surface area contributed by atoms with Crippen molar-refractivity contribution >= 4 is 39.6 Å². The lowest BCUT2D eigenvalue weighted by molar-refractivity contribution is -0.132. The van der Waals surface area contributed by atoms with Gasteiger partial charge < -0.3 is 9.84 Å². The number of hydrogen-bond donors (Lipinski definition) is 1. The summed E-state index contributed by atoms with van der Waals surface area (Å²) in [6.07, 6.45) is 4.84. The summed E-state index contributed by atoms with van der Waals surface area (Å²) in [6, 6.07) is 11.8. The molecule has 0 spiro atoms. The molecule has 37 heavy (non-hydrogen) atoms. The second kappa shape index (κ2) is 10.1. The molecule has 0 radical (unpaired) electrons. The van der Waals surface area contributed by atoms with Gasteiger partial charge in [0.1, 0.15) is 22.1 Å². The number of aryl methyl sites for hydroxylation is 2. The number of benzene rings is 1. The van der Waals surface area contributed by atoms with E-state index >= 15 is 0 Å². The number of nitrogens with zero attached hydrogens (tertiary/aromatic N) is 5. The van der Waals surface area contributed by atoms with Crippen LogP contribution in [0.3, 0.4) is 0 Å².